The zero-order valence-corrected chi connectivity index (χ0v) is 11.6. The molecular weight excluding hydrogens is 254 g/mol. The van der Waals surface area contributed by atoms with Gasteiger partial charge in [-0.1, -0.05) is 6.92 Å². The first-order chi connectivity index (χ1) is 8.44. The van der Waals surface area contributed by atoms with Gasteiger partial charge in [0.2, 0.25) is 10.0 Å². The lowest BCUT2D eigenvalue weighted by molar-refractivity contribution is 0.254. The second-order valence-corrected chi connectivity index (χ2v) is 5.75. The van der Waals surface area contributed by atoms with Gasteiger partial charge in [-0.2, -0.15) is 0 Å². The standard InChI is InChI=1S/C12H19NO4S/c1-4-10(8-14)13-18(15,16)11-5-6-12(17-3)9(2)7-11/h5-7,10,13-14H,4,8H2,1-3H3. The summed E-state index contributed by atoms with van der Waals surface area (Å²) >= 11 is 0. The molecule has 0 amide bonds. The molecule has 0 aliphatic carbocycles. The molecule has 102 valence electrons. The highest BCUT2D eigenvalue weighted by molar-refractivity contribution is 7.89. The van der Waals surface area contributed by atoms with Gasteiger partial charge < -0.3 is 9.84 Å². The summed E-state index contributed by atoms with van der Waals surface area (Å²) in [6, 6.07) is 4.19. The number of aliphatic hydroxyl groups excluding tert-OH is 1. The van der Waals surface area contributed by atoms with Gasteiger partial charge in [-0.15, -0.1) is 0 Å². The van der Waals surface area contributed by atoms with Crippen molar-refractivity contribution in [3.63, 3.8) is 0 Å². The van der Waals surface area contributed by atoms with Gasteiger partial charge in [0.25, 0.3) is 0 Å². The SMILES string of the molecule is CCC(CO)NS(=O)(=O)c1ccc(OC)c(C)c1. The minimum absolute atomic E-state index is 0.174. The summed E-state index contributed by atoms with van der Waals surface area (Å²) in [6.07, 6.45) is 0.533. The van der Waals surface area contributed by atoms with Crippen LogP contribution >= 0.6 is 0 Å². The van der Waals surface area contributed by atoms with Gasteiger partial charge in [0.15, 0.2) is 0 Å². The fourth-order valence-corrected chi connectivity index (χ4v) is 2.95. The second kappa shape index (κ2) is 6.17. The van der Waals surface area contributed by atoms with E-state index in [0.29, 0.717) is 12.2 Å². The van der Waals surface area contributed by atoms with Gasteiger partial charge in [-0.05, 0) is 37.1 Å². The van der Waals surface area contributed by atoms with Crippen LogP contribution in [0, 0.1) is 6.92 Å². The molecule has 5 nitrogen and oxygen atoms in total. The minimum Gasteiger partial charge on any atom is -0.496 e. The van der Waals surface area contributed by atoms with E-state index < -0.39 is 16.1 Å². The number of aliphatic hydroxyl groups is 1. The average Bonchev–Trinajstić information content (AvgIpc) is 2.35. The van der Waals surface area contributed by atoms with Crippen molar-refractivity contribution in [1.29, 1.82) is 0 Å². The third kappa shape index (κ3) is 3.44. The van der Waals surface area contributed by atoms with Gasteiger partial charge in [0.1, 0.15) is 5.75 Å². The second-order valence-electron chi connectivity index (χ2n) is 4.04. The fourth-order valence-electron chi connectivity index (χ4n) is 1.56. The maximum atomic E-state index is 12.0. The van der Waals surface area contributed by atoms with E-state index in [1.165, 1.54) is 13.2 Å². The van der Waals surface area contributed by atoms with E-state index in [-0.39, 0.29) is 11.5 Å². The Balaban J connectivity index is 3.02. The quantitative estimate of drug-likeness (QED) is 0.812. The molecule has 1 rings (SSSR count). The van der Waals surface area contributed by atoms with Crippen LogP contribution in [-0.4, -0.2) is 33.3 Å². The lowest BCUT2D eigenvalue weighted by atomic mass is 10.2. The van der Waals surface area contributed by atoms with E-state index in [9.17, 15) is 8.42 Å². The molecule has 0 bridgehead atoms. The number of aryl methyl sites for hydroxylation is 1. The topological polar surface area (TPSA) is 75.6 Å². The van der Waals surface area contributed by atoms with Crippen LogP contribution in [0.2, 0.25) is 0 Å². The zero-order chi connectivity index (χ0) is 13.8. The summed E-state index contributed by atoms with van der Waals surface area (Å²) in [5, 5.41) is 9.03. The van der Waals surface area contributed by atoms with Gasteiger partial charge in [-0.25, -0.2) is 13.1 Å². The Morgan fingerprint density at radius 3 is 2.56 bits per heavy atom. The molecule has 1 atom stereocenters. The molecule has 1 unspecified atom stereocenters. The Morgan fingerprint density at radius 1 is 1.44 bits per heavy atom. The number of ether oxygens (including phenoxy) is 1. The highest BCUT2D eigenvalue weighted by Crippen LogP contribution is 2.21. The summed E-state index contributed by atoms with van der Waals surface area (Å²) in [5.41, 5.74) is 0.748. The van der Waals surface area contributed by atoms with Crippen LogP contribution in [0.15, 0.2) is 23.1 Å². The molecule has 0 aliphatic heterocycles. The lowest BCUT2D eigenvalue weighted by Gasteiger charge is -2.15. The monoisotopic (exact) mass is 273 g/mol. The summed E-state index contributed by atoms with van der Waals surface area (Å²) in [5.74, 6) is 0.642. The van der Waals surface area contributed by atoms with Gasteiger partial charge in [-0.3, -0.25) is 0 Å². The van der Waals surface area contributed by atoms with Crippen molar-refractivity contribution in [2.45, 2.75) is 31.2 Å². The van der Waals surface area contributed by atoms with E-state index in [4.69, 9.17) is 9.84 Å². The molecule has 0 fully saturated rings. The molecule has 2 N–H and O–H groups in total. The largest absolute Gasteiger partial charge is 0.496 e. The van der Waals surface area contributed by atoms with Crippen LogP contribution in [-0.2, 0) is 10.0 Å². The smallest absolute Gasteiger partial charge is 0.240 e. The Hall–Kier alpha value is -1.11. The third-order valence-corrected chi connectivity index (χ3v) is 4.23. The predicted octanol–water partition coefficient (Wildman–Crippen LogP) is 1.05. The van der Waals surface area contributed by atoms with Gasteiger partial charge in [0.05, 0.1) is 18.6 Å². The normalized spacial score (nSPS) is 13.3. The van der Waals surface area contributed by atoms with Crippen LogP contribution in [0.5, 0.6) is 5.75 Å². The highest BCUT2D eigenvalue weighted by atomic mass is 32.2. The molecule has 1 aromatic rings. The van der Waals surface area contributed by atoms with Crippen molar-refractivity contribution >= 4 is 10.0 Å². The van der Waals surface area contributed by atoms with Crippen molar-refractivity contribution in [1.82, 2.24) is 4.72 Å². The third-order valence-electron chi connectivity index (χ3n) is 2.71. The molecule has 6 heteroatoms. The average molecular weight is 273 g/mol. The van der Waals surface area contributed by atoms with E-state index in [1.807, 2.05) is 6.92 Å². The van der Waals surface area contributed by atoms with E-state index >= 15 is 0 Å². The Labute approximate surface area is 108 Å². The highest BCUT2D eigenvalue weighted by Gasteiger charge is 2.19. The summed E-state index contributed by atoms with van der Waals surface area (Å²) in [7, 11) is -2.06. The molecule has 0 radical (unpaired) electrons. The van der Waals surface area contributed by atoms with Crippen LogP contribution in [0.4, 0.5) is 0 Å². The number of methoxy groups -OCH3 is 1. The molecule has 1 aromatic carbocycles. The van der Waals surface area contributed by atoms with E-state index in [1.54, 1.807) is 19.1 Å². The molecular formula is C12H19NO4S. The summed E-state index contributed by atoms with van der Waals surface area (Å²) < 4.78 is 31.6. The number of nitrogens with one attached hydrogen (secondary N) is 1. The maximum absolute atomic E-state index is 12.0. The Bertz CT molecular complexity index is 495. The van der Waals surface area contributed by atoms with E-state index in [2.05, 4.69) is 4.72 Å². The van der Waals surface area contributed by atoms with Crippen molar-refractivity contribution < 1.29 is 18.3 Å². The van der Waals surface area contributed by atoms with Crippen molar-refractivity contribution in [2.24, 2.45) is 0 Å². The van der Waals surface area contributed by atoms with Crippen molar-refractivity contribution in [3.8, 4) is 5.75 Å². The first kappa shape index (κ1) is 14.9. The van der Waals surface area contributed by atoms with Crippen molar-refractivity contribution in [3.05, 3.63) is 23.8 Å². The fraction of sp³-hybridized carbons (Fsp3) is 0.500. The maximum Gasteiger partial charge on any atom is 0.240 e. The number of hydrogen-bond donors (Lipinski definition) is 2. The Kier molecular flexibility index (Phi) is 5.13. The predicted molar refractivity (Wildman–Crippen MR) is 69.2 cm³/mol. The molecule has 0 heterocycles. The van der Waals surface area contributed by atoms with Gasteiger partial charge in [0, 0.05) is 6.04 Å². The number of sulfonamides is 1. The molecule has 0 spiro atoms. The molecule has 0 aromatic heterocycles. The lowest BCUT2D eigenvalue weighted by Crippen LogP contribution is -2.36. The number of rotatable bonds is 6. The zero-order valence-electron chi connectivity index (χ0n) is 10.8. The molecule has 0 saturated carbocycles. The number of hydrogen-bond acceptors (Lipinski definition) is 4. The molecule has 0 aliphatic rings. The van der Waals surface area contributed by atoms with Crippen LogP contribution in [0.1, 0.15) is 18.9 Å². The van der Waals surface area contributed by atoms with E-state index in [0.717, 1.165) is 5.56 Å². The van der Waals surface area contributed by atoms with Crippen LogP contribution in [0.3, 0.4) is 0 Å². The summed E-state index contributed by atoms with van der Waals surface area (Å²) in [6.45, 7) is 3.37. The minimum atomic E-state index is -3.60. The van der Waals surface area contributed by atoms with Crippen LogP contribution in [0.25, 0.3) is 0 Å². The Morgan fingerprint density at radius 2 is 2.11 bits per heavy atom. The van der Waals surface area contributed by atoms with Crippen LogP contribution < -0.4 is 9.46 Å². The first-order valence-electron chi connectivity index (χ1n) is 5.72. The van der Waals surface area contributed by atoms with Gasteiger partial charge >= 0.3 is 0 Å². The molecule has 18 heavy (non-hydrogen) atoms. The van der Waals surface area contributed by atoms with Crippen molar-refractivity contribution in [2.75, 3.05) is 13.7 Å². The first-order valence-corrected chi connectivity index (χ1v) is 7.20. The summed E-state index contributed by atoms with van der Waals surface area (Å²) in [4.78, 5) is 0.174. The number of benzene rings is 1. The molecule has 0 saturated heterocycles.